The van der Waals surface area contributed by atoms with E-state index >= 15 is 0 Å². The van der Waals surface area contributed by atoms with Gasteiger partial charge in [-0.15, -0.1) is 0 Å². The molecule has 2 heteroatoms. The zero-order valence-corrected chi connectivity index (χ0v) is 9.88. The normalized spacial score (nSPS) is 16.8. The van der Waals surface area contributed by atoms with Crippen molar-refractivity contribution < 1.29 is 0 Å². The molecule has 1 aromatic carbocycles. The Morgan fingerprint density at radius 3 is 2.33 bits per heavy atom. The molecule has 0 atom stereocenters. The molecule has 0 radical (unpaired) electrons. The fourth-order valence-corrected chi connectivity index (χ4v) is 2.06. The fourth-order valence-electron chi connectivity index (χ4n) is 2.06. The first-order chi connectivity index (χ1) is 7.18. The molecule has 0 aromatic heterocycles. The Hall–Kier alpha value is -0.860. The average Bonchev–Trinajstić information content (AvgIpc) is 2.08. The summed E-state index contributed by atoms with van der Waals surface area (Å²) in [4.78, 5) is 2.45. The number of aryl methyl sites for hydroxylation is 2. The third kappa shape index (κ3) is 2.21. The summed E-state index contributed by atoms with van der Waals surface area (Å²) in [5.74, 6) is 0. The van der Waals surface area contributed by atoms with Gasteiger partial charge in [0.2, 0.25) is 0 Å². The van der Waals surface area contributed by atoms with Crippen LogP contribution in [0.4, 0.5) is 0 Å². The van der Waals surface area contributed by atoms with Crippen molar-refractivity contribution in [2.75, 3.05) is 20.1 Å². The molecule has 15 heavy (non-hydrogen) atoms. The minimum absolute atomic E-state index is 0.726. The molecule has 1 aliphatic heterocycles. The van der Waals surface area contributed by atoms with E-state index in [1.807, 2.05) is 0 Å². The lowest BCUT2D eigenvalue weighted by atomic mass is 10.0. The van der Waals surface area contributed by atoms with Gasteiger partial charge in [-0.3, -0.25) is 4.90 Å². The molecule has 1 heterocycles. The monoisotopic (exact) mass is 204 g/mol. The topological polar surface area (TPSA) is 15.3 Å². The zero-order valence-electron chi connectivity index (χ0n) is 9.88. The Bertz CT molecular complexity index is 322. The Morgan fingerprint density at radius 1 is 1.27 bits per heavy atom. The third-order valence-corrected chi connectivity index (χ3v) is 3.44. The average molecular weight is 204 g/mol. The molecule has 0 bridgehead atoms. The van der Waals surface area contributed by atoms with E-state index in [-0.39, 0.29) is 0 Å². The van der Waals surface area contributed by atoms with Crippen molar-refractivity contribution in [3.05, 3.63) is 34.9 Å². The van der Waals surface area contributed by atoms with Crippen molar-refractivity contribution >= 4 is 0 Å². The summed E-state index contributed by atoms with van der Waals surface area (Å²) in [5.41, 5.74) is 4.31. The second-order valence-electron chi connectivity index (χ2n) is 4.60. The molecule has 2 nitrogen and oxygen atoms in total. The van der Waals surface area contributed by atoms with E-state index in [0.717, 1.165) is 25.7 Å². The molecule has 2 rings (SSSR count). The van der Waals surface area contributed by atoms with Gasteiger partial charge in [-0.1, -0.05) is 18.2 Å². The van der Waals surface area contributed by atoms with Crippen LogP contribution in [0, 0.1) is 13.8 Å². The number of rotatable bonds is 3. The highest BCUT2D eigenvalue weighted by atomic mass is 15.2. The first-order valence-corrected chi connectivity index (χ1v) is 5.64. The first kappa shape index (κ1) is 10.7. The maximum atomic E-state index is 3.32. The molecule has 0 unspecified atom stereocenters. The Morgan fingerprint density at radius 2 is 1.87 bits per heavy atom. The van der Waals surface area contributed by atoms with Gasteiger partial charge in [0.05, 0.1) is 0 Å². The second-order valence-corrected chi connectivity index (χ2v) is 4.60. The van der Waals surface area contributed by atoms with Crippen molar-refractivity contribution in [3.63, 3.8) is 0 Å². The highest BCUT2D eigenvalue weighted by Crippen LogP contribution is 2.17. The summed E-state index contributed by atoms with van der Waals surface area (Å²) in [5, 5.41) is 3.32. The number of likely N-dealkylation sites (N-methyl/N-ethyl adjacent to an activating group) is 1. The fraction of sp³-hybridized carbons (Fsp3) is 0.538. The summed E-state index contributed by atoms with van der Waals surface area (Å²) in [7, 11) is 2.22. The van der Waals surface area contributed by atoms with Crippen LogP contribution in [0.5, 0.6) is 0 Å². The Kier molecular flexibility index (Phi) is 3.08. The predicted molar refractivity (Wildman–Crippen MR) is 64.0 cm³/mol. The zero-order chi connectivity index (χ0) is 10.8. The molecule has 0 spiro atoms. The molecule has 1 aromatic rings. The SMILES string of the molecule is Cc1cccc(C)c1CN(C)C1CNC1. The maximum Gasteiger partial charge on any atom is 0.0345 e. The minimum atomic E-state index is 0.726. The van der Waals surface area contributed by atoms with Gasteiger partial charge in [0, 0.05) is 25.7 Å². The quantitative estimate of drug-likeness (QED) is 0.806. The van der Waals surface area contributed by atoms with Gasteiger partial charge in [-0.05, 0) is 37.6 Å². The van der Waals surface area contributed by atoms with E-state index in [4.69, 9.17) is 0 Å². The summed E-state index contributed by atoms with van der Waals surface area (Å²) < 4.78 is 0. The van der Waals surface area contributed by atoms with Crippen molar-refractivity contribution in [2.24, 2.45) is 0 Å². The molecule has 0 saturated carbocycles. The first-order valence-electron chi connectivity index (χ1n) is 5.64. The predicted octanol–water partition coefficient (Wildman–Crippen LogP) is 1.71. The number of benzene rings is 1. The number of nitrogens with zero attached hydrogens (tertiary/aromatic N) is 1. The standard InChI is InChI=1S/C13H20N2/c1-10-5-4-6-11(2)13(10)9-15(3)12-7-14-8-12/h4-6,12,14H,7-9H2,1-3H3. The van der Waals surface area contributed by atoms with Gasteiger partial charge in [0.25, 0.3) is 0 Å². The number of hydrogen-bond acceptors (Lipinski definition) is 2. The van der Waals surface area contributed by atoms with Crippen molar-refractivity contribution in [3.8, 4) is 0 Å². The highest BCUT2D eigenvalue weighted by Gasteiger charge is 2.21. The van der Waals surface area contributed by atoms with Gasteiger partial charge < -0.3 is 5.32 Å². The van der Waals surface area contributed by atoms with Crippen LogP contribution in [0.15, 0.2) is 18.2 Å². The lowest BCUT2D eigenvalue weighted by Crippen LogP contribution is -2.55. The Balaban J connectivity index is 2.09. The molecular formula is C13H20N2. The van der Waals surface area contributed by atoms with E-state index in [1.54, 1.807) is 0 Å². The van der Waals surface area contributed by atoms with Gasteiger partial charge in [0.1, 0.15) is 0 Å². The molecule has 0 aliphatic carbocycles. The number of hydrogen-bond donors (Lipinski definition) is 1. The summed E-state index contributed by atoms with van der Waals surface area (Å²) in [6.07, 6.45) is 0. The third-order valence-electron chi connectivity index (χ3n) is 3.44. The van der Waals surface area contributed by atoms with Crippen LogP contribution < -0.4 is 5.32 Å². The van der Waals surface area contributed by atoms with E-state index in [9.17, 15) is 0 Å². The smallest absolute Gasteiger partial charge is 0.0345 e. The van der Waals surface area contributed by atoms with Gasteiger partial charge in [0.15, 0.2) is 0 Å². The van der Waals surface area contributed by atoms with Crippen LogP contribution in [-0.4, -0.2) is 31.1 Å². The highest BCUT2D eigenvalue weighted by molar-refractivity contribution is 5.33. The Labute approximate surface area is 92.3 Å². The van der Waals surface area contributed by atoms with Crippen molar-refractivity contribution in [1.82, 2.24) is 10.2 Å². The molecule has 1 fully saturated rings. The lowest BCUT2D eigenvalue weighted by molar-refractivity contribution is 0.172. The van der Waals surface area contributed by atoms with Gasteiger partial charge in [-0.2, -0.15) is 0 Å². The van der Waals surface area contributed by atoms with Crippen LogP contribution in [0.2, 0.25) is 0 Å². The summed E-state index contributed by atoms with van der Waals surface area (Å²) >= 11 is 0. The molecule has 1 aliphatic rings. The molecule has 82 valence electrons. The van der Waals surface area contributed by atoms with E-state index in [1.165, 1.54) is 16.7 Å². The molecule has 1 N–H and O–H groups in total. The molecule has 0 amide bonds. The van der Waals surface area contributed by atoms with Crippen molar-refractivity contribution in [1.29, 1.82) is 0 Å². The van der Waals surface area contributed by atoms with E-state index in [0.29, 0.717) is 0 Å². The van der Waals surface area contributed by atoms with Gasteiger partial charge in [-0.25, -0.2) is 0 Å². The summed E-state index contributed by atoms with van der Waals surface area (Å²) in [6, 6.07) is 7.27. The minimum Gasteiger partial charge on any atom is -0.314 e. The number of nitrogens with one attached hydrogen (secondary N) is 1. The van der Waals surface area contributed by atoms with Crippen LogP contribution in [0.3, 0.4) is 0 Å². The maximum absolute atomic E-state index is 3.32. The summed E-state index contributed by atoms with van der Waals surface area (Å²) in [6.45, 7) is 7.76. The van der Waals surface area contributed by atoms with Crippen LogP contribution in [0.1, 0.15) is 16.7 Å². The second kappa shape index (κ2) is 4.33. The van der Waals surface area contributed by atoms with Crippen LogP contribution in [-0.2, 0) is 6.54 Å². The van der Waals surface area contributed by atoms with Gasteiger partial charge >= 0.3 is 0 Å². The van der Waals surface area contributed by atoms with E-state index in [2.05, 4.69) is 49.3 Å². The van der Waals surface area contributed by atoms with E-state index < -0.39 is 0 Å². The van der Waals surface area contributed by atoms with Crippen LogP contribution >= 0.6 is 0 Å². The van der Waals surface area contributed by atoms with Crippen molar-refractivity contribution in [2.45, 2.75) is 26.4 Å². The molecular weight excluding hydrogens is 184 g/mol. The largest absolute Gasteiger partial charge is 0.314 e. The molecule has 1 saturated heterocycles. The lowest BCUT2D eigenvalue weighted by Gasteiger charge is -2.36. The van der Waals surface area contributed by atoms with Crippen LogP contribution in [0.25, 0.3) is 0 Å².